The Labute approximate surface area is 89.7 Å². The number of hydrogen-bond acceptors (Lipinski definition) is 3. The number of amides is 1. The van der Waals surface area contributed by atoms with Gasteiger partial charge in [0, 0.05) is 25.7 Å². The largest absolute Gasteiger partial charge is 0.521 e. The third kappa shape index (κ3) is 1.48. The van der Waals surface area contributed by atoms with Crippen LogP contribution in [0.4, 0.5) is 4.79 Å². The SMILES string of the molecule is C=COC(=O)[N+]1(C)C2CCC1CC(O)C2. The van der Waals surface area contributed by atoms with Crippen LogP contribution in [0.15, 0.2) is 12.8 Å². The van der Waals surface area contributed by atoms with Crippen molar-refractivity contribution in [3.63, 3.8) is 0 Å². The molecule has 4 heteroatoms. The minimum Gasteiger partial charge on any atom is -0.393 e. The smallest absolute Gasteiger partial charge is 0.393 e. The fraction of sp³-hybridized carbons (Fsp3) is 0.727. The molecule has 4 nitrogen and oxygen atoms in total. The quantitative estimate of drug-likeness (QED) is 0.528. The number of piperidine rings is 1. The van der Waals surface area contributed by atoms with E-state index in [-0.39, 0.29) is 24.3 Å². The first-order chi connectivity index (χ1) is 7.09. The molecule has 2 atom stereocenters. The second-order valence-electron chi connectivity index (χ2n) is 4.71. The van der Waals surface area contributed by atoms with Crippen molar-refractivity contribution in [3.8, 4) is 0 Å². The van der Waals surface area contributed by atoms with Crippen molar-refractivity contribution in [1.29, 1.82) is 0 Å². The average molecular weight is 212 g/mol. The number of hydrogen-bond donors (Lipinski definition) is 1. The zero-order chi connectivity index (χ0) is 11.1. The lowest BCUT2D eigenvalue weighted by atomic mass is 9.98. The number of quaternary nitrogens is 1. The Kier molecular flexibility index (Phi) is 2.56. The van der Waals surface area contributed by atoms with E-state index in [9.17, 15) is 9.90 Å². The summed E-state index contributed by atoms with van der Waals surface area (Å²) in [6, 6.07) is 0.428. The van der Waals surface area contributed by atoms with Gasteiger partial charge in [-0.2, -0.15) is 4.79 Å². The summed E-state index contributed by atoms with van der Waals surface area (Å²) in [6.07, 6.45) is 4.14. The summed E-state index contributed by atoms with van der Waals surface area (Å²) in [6.45, 7) is 3.41. The number of ether oxygens (including phenoxy) is 1. The minimum atomic E-state index is -0.245. The maximum Gasteiger partial charge on any atom is 0.521 e. The van der Waals surface area contributed by atoms with E-state index in [0.717, 1.165) is 12.8 Å². The fourth-order valence-corrected chi connectivity index (χ4v) is 3.10. The summed E-state index contributed by atoms with van der Waals surface area (Å²) in [4.78, 5) is 11.9. The molecular weight excluding hydrogens is 194 g/mol. The lowest BCUT2D eigenvalue weighted by Gasteiger charge is -2.41. The lowest BCUT2D eigenvalue weighted by molar-refractivity contribution is -0.880. The third-order valence-corrected chi connectivity index (χ3v) is 4.02. The molecule has 2 saturated heterocycles. The van der Waals surface area contributed by atoms with Gasteiger partial charge in [0.15, 0.2) is 0 Å². The standard InChI is InChI=1S/C11H18NO3/c1-3-15-11(14)12(2)8-4-5-9(12)7-10(13)6-8/h3,8-10,13H,1,4-7H2,2H3/q+1. The van der Waals surface area contributed by atoms with Gasteiger partial charge in [-0.25, -0.2) is 4.48 Å². The van der Waals surface area contributed by atoms with E-state index in [1.807, 2.05) is 7.05 Å². The molecule has 2 bridgehead atoms. The molecule has 1 amide bonds. The van der Waals surface area contributed by atoms with Gasteiger partial charge in [-0.15, -0.1) is 0 Å². The molecule has 1 N–H and O–H groups in total. The monoisotopic (exact) mass is 212 g/mol. The van der Waals surface area contributed by atoms with Crippen molar-refractivity contribution in [2.24, 2.45) is 0 Å². The van der Waals surface area contributed by atoms with E-state index in [1.54, 1.807) is 0 Å². The predicted molar refractivity (Wildman–Crippen MR) is 54.9 cm³/mol. The van der Waals surface area contributed by atoms with Crippen LogP contribution in [0.3, 0.4) is 0 Å². The summed E-state index contributed by atoms with van der Waals surface area (Å²) < 4.78 is 5.24. The molecule has 2 rings (SSSR count). The first kappa shape index (κ1) is 10.6. The van der Waals surface area contributed by atoms with E-state index >= 15 is 0 Å². The van der Waals surface area contributed by atoms with Crippen LogP contribution < -0.4 is 0 Å². The maximum absolute atomic E-state index is 11.9. The fourth-order valence-electron chi connectivity index (χ4n) is 3.10. The van der Waals surface area contributed by atoms with Gasteiger partial charge in [0.2, 0.25) is 0 Å². The molecular formula is C11H18NO3+. The van der Waals surface area contributed by atoms with Crippen molar-refractivity contribution in [1.82, 2.24) is 0 Å². The number of rotatable bonds is 1. The molecule has 0 aromatic rings. The van der Waals surface area contributed by atoms with Crippen molar-refractivity contribution >= 4 is 6.09 Å². The van der Waals surface area contributed by atoms with E-state index in [0.29, 0.717) is 17.3 Å². The van der Waals surface area contributed by atoms with Crippen LogP contribution >= 0.6 is 0 Å². The molecule has 0 aromatic heterocycles. The van der Waals surface area contributed by atoms with Crippen molar-refractivity contribution in [2.75, 3.05) is 7.05 Å². The summed E-state index contributed by atoms with van der Waals surface area (Å²) >= 11 is 0. The molecule has 2 aliphatic heterocycles. The molecule has 2 unspecified atom stereocenters. The number of fused-ring (bicyclic) bond motifs is 2. The number of aliphatic hydroxyl groups excluding tert-OH is 1. The Hall–Kier alpha value is -0.870. The van der Waals surface area contributed by atoms with Crippen LogP contribution in [0.1, 0.15) is 25.7 Å². The highest BCUT2D eigenvalue weighted by atomic mass is 16.6. The van der Waals surface area contributed by atoms with Crippen LogP contribution in [0.25, 0.3) is 0 Å². The maximum atomic E-state index is 11.9. The molecule has 2 fully saturated rings. The van der Waals surface area contributed by atoms with Gasteiger partial charge < -0.3 is 9.84 Å². The molecule has 2 aliphatic rings. The summed E-state index contributed by atoms with van der Waals surface area (Å²) in [5.74, 6) is 0. The van der Waals surface area contributed by atoms with Crippen molar-refractivity contribution in [2.45, 2.75) is 43.9 Å². The topological polar surface area (TPSA) is 46.5 Å². The van der Waals surface area contributed by atoms with Crippen LogP contribution in [0.5, 0.6) is 0 Å². The highest BCUT2D eigenvalue weighted by Crippen LogP contribution is 2.41. The normalized spacial score (nSPS) is 43.7. The molecule has 15 heavy (non-hydrogen) atoms. The average Bonchev–Trinajstić information content (AvgIpc) is 2.38. The van der Waals surface area contributed by atoms with Gasteiger partial charge >= 0.3 is 6.09 Å². The first-order valence-corrected chi connectivity index (χ1v) is 5.45. The zero-order valence-corrected chi connectivity index (χ0v) is 9.06. The lowest BCUT2D eigenvalue weighted by Crippen LogP contribution is -2.61. The highest BCUT2D eigenvalue weighted by molar-refractivity contribution is 5.61. The Morgan fingerprint density at radius 1 is 1.47 bits per heavy atom. The Balaban J connectivity index is 2.21. The Morgan fingerprint density at radius 2 is 2.00 bits per heavy atom. The Bertz CT molecular complexity index is 276. The molecule has 0 aliphatic carbocycles. The molecule has 0 saturated carbocycles. The van der Waals surface area contributed by atoms with Crippen molar-refractivity contribution < 1.29 is 19.1 Å². The van der Waals surface area contributed by atoms with Gasteiger partial charge in [0.25, 0.3) is 0 Å². The summed E-state index contributed by atoms with van der Waals surface area (Å²) in [5, 5.41) is 9.65. The summed E-state index contributed by atoms with van der Waals surface area (Å²) in [5.41, 5.74) is 0. The van der Waals surface area contributed by atoms with E-state index in [4.69, 9.17) is 4.74 Å². The number of nitrogens with zero attached hydrogens (tertiary/aromatic N) is 1. The number of aliphatic hydroxyl groups is 1. The molecule has 84 valence electrons. The zero-order valence-electron chi connectivity index (χ0n) is 9.06. The van der Waals surface area contributed by atoms with Crippen LogP contribution in [-0.2, 0) is 4.74 Å². The number of carbonyl (C=O) groups is 1. The van der Waals surface area contributed by atoms with E-state index in [2.05, 4.69) is 6.58 Å². The molecule has 0 aromatic carbocycles. The minimum absolute atomic E-state index is 0.214. The second-order valence-corrected chi connectivity index (χ2v) is 4.71. The van der Waals surface area contributed by atoms with Gasteiger partial charge in [0.05, 0.1) is 19.4 Å². The predicted octanol–water partition coefficient (Wildman–Crippen LogP) is 1.40. The molecule has 0 spiro atoms. The highest BCUT2D eigenvalue weighted by Gasteiger charge is 2.56. The molecule has 0 radical (unpaired) electrons. The summed E-state index contributed by atoms with van der Waals surface area (Å²) in [7, 11) is 1.92. The Morgan fingerprint density at radius 3 is 2.47 bits per heavy atom. The van der Waals surface area contributed by atoms with Gasteiger partial charge in [-0.3, -0.25) is 0 Å². The van der Waals surface area contributed by atoms with Gasteiger partial charge in [0.1, 0.15) is 12.1 Å². The van der Waals surface area contributed by atoms with Gasteiger partial charge in [-0.05, 0) is 0 Å². The van der Waals surface area contributed by atoms with Crippen molar-refractivity contribution in [3.05, 3.63) is 12.8 Å². The molecule has 2 heterocycles. The first-order valence-electron chi connectivity index (χ1n) is 5.45. The van der Waals surface area contributed by atoms with Gasteiger partial charge in [-0.1, -0.05) is 6.58 Å². The van der Waals surface area contributed by atoms with Crippen LogP contribution in [0.2, 0.25) is 0 Å². The number of carbonyl (C=O) groups excluding carboxylic acids is 1. The van der Waals surface area contributed by atoms with E-state index < -0.39 is 0 Å². The van der Waals surface area contributed by atoms with E-state index in [1.165, 1.54) is 6.26 Å². The van der Waals surface area contributed by atoms with Crippen LogP contribution in [0, 0.1) is 0 Å². The third-order valence-electron chi connectivity index (χ3n) is 4.02. The van der Waals surface area contributed by atoms with Crippen LogP contribution in [-0.4, -0.2) is 40.9 Å². The second kappa shape index (κ2) is 3.61.